The number of rotatable bonds is 9. The molecule has 0 fully saturated rings. The van der Waals surface area contributed by atoms with E-state index in [2.05, 4.69) is 34.7 Å². The smallest absolute Gasteiger partial charge is 0.260 e. The number of carbonyl (C=O) groups excluding carboxylic acids is 1. The zero-order valence-corrected chi connectivity index (χ0v) is 16.0. The van der Waals surface area contributed by atoms with E-state index in [0.29, 0.717) is 12.1 Å². The zero-order valence-electron chi connectivity index (χ0n) is 16.0. The Morgan fingerprint density at radius 1 is 0.931 bits per heavy atom. The van der Waals surface area contributed by atoms with Crippen molar-refractivity contribution < 1.29 is 14.0 Å². The number of amides is 1. The fourth-order valence-electron chi connectivity index (χ4n) is 3.07. The SMILES string of the molecule is O=C(CO/N=C\c1ccccc1F)NCCC(c1ccccc1)c1ccccc1. The minimum atomic E-state index is -0.392. The lowest BCUT2D eigenvalue weighted by Crippen LogP contribution is -2.29. The number of carbonyl (C=O) groups is 1. The Morgan fingerprint density at radius 3 is 2.14 bits per heavy atom. The molecule has 0 saturated heterocycles. The molecule has 0 spiro atoms. The standard InChI is InChI=1S/C24H23FN2O2/c25-23-14-8-7-13-21(23)17-27-29-18-24(28)26-16-15-22(19-9-3-1-4-10-19)20-11-5-2-6-12-20/h1-14,17,22H,15-16,18H2,(H,26,28)/b27-17-. The summed E-state index contributed by atoms with van der Waals surface area (Å²) in [5.41, 5.74) is 2.72. The molecular weight excluding hydrogens is 367 g/mol. The lowest BCUT2D eigenvalue weighted by molar-refractivity contribution is -0.125. The van der Waals surface area contributed by atoms with Gasteiger partial charge in [0.05, 0.1) is 6.21 Å². The maximum absolute atomic E-state index is 13.5. The van der Waals surface area contributed by atoms with E-state index >= 15 is 0 Å². The van der Waals surface area contributed by atoms with Gasteiger partial charge in [-0.1, -0.05) is 84.0 Å². The van der Waals surface area contributed by atoms with Crippen LogP contribution in [0.25, 0.3) is 0 Å². The van der Waals surface area contributed by atoms with Gasteiger partial charge in [0.1, 0.15) is 5.82 Å². The number of halogens is 1. The molecule has 0 bridgehead atoms. The van der Waals surface area contributed by atoms with Gasteiger partial charge in [-0.05, 0) is 23.6 Å². The van der Waals surface area contributed by atoms with Crippen molar-refractivity contribution in [1.82, 2.24) is 5.32 Å². The van der Waals surface area contributed by atoms with Gasteiger partial charge in [0.25, 0.3) is 5.91 Å². The Labute approximate surface area is 170 Å². The monoisotopic (exact) mass is 390 g/mol. The number of oxime groups is 1. The highest BCUT2D eigenvalue weighted by molar-refractivity contribution is 5.80. The number of nitrogens with one attached hydrogen (secondary N) is 1. The molecule has 0 aliphatic rings. The topological polar surface area (TPSA) is 50.7 Å². The number of nitrogens with zero attached hydrogens (tertiary/aromatic N) is 1. The second-order valence-corrected chi connectivity index (χ2v) is 6.54. The molecule has 0 aliphatic heterocycles. The van der Waals surface area contributed by atoms with Crippen LogP contribution in [0, 0.1) is 5.82 Å². The molecule has 5 heteroatoms. The minimum absolute atomic E-state index is 0.192. The summed E-state index contributed by atoms with van der Waals surface area (Å²) in [4.78, 5) is 17.0. The first-order valence-corrected chi connectivity index (χ1v) is 9.50. The van der Waals surface area contributed by atoms with E-state index in [1.54, 1.807) is 18.2 Å². The van der Waals surface area contributed by atoms with Crippen LogP contribution in [0.5, 0.6) is 0 Å². The Hall–Kier alpha value is -3.47. The number of benzene rings is 3. The first-order chi connectivity index (χ1) is 14.2. The van der Waals surface area contributed by atoms with Crippen LogP contribution in [0.15, 0.2) is 90.1 Å². The average Bonchev–Trinajstić information content (AvgIpc) is 2.77. The summed E-state index contributed by atoms with van der Waals surface area (Å²) in [5, 5.41) is 6.51. The fraction of sp³-hybridized carbons (Fsp3) is 0.167. The molecule has 0 atom stereocenters. The maximum atomic E-state index is 13.5. The molecular formula is C24H23FN2O2. The minimum Gasteiger partial charge on any atom is -0.386 e. The van der Waals surface area contributed by atoms with Gasteiger partial charge in [0.2, 0.25) is 0 Å². The van der Waals surface area contributed by atoms with Gasteiger partial charge < -0.3 is 10.2 Å². The number of hydrogen-bond donors (Lipinski definition) is 1. The van der Waals surface area contributed by atoms with Crippen molar-refractivity contribution in [1.29, 1.82) is 0 Å². The molecule has 148 valence electrons. The van der Waals surface area contributed by atoms with E-state index in [1.165, 1.54) is 23.4 Å². The van der Waals surface area contributed by atoms with Crippen molar-refractivity contribution in [2.24, 2.45) is 5.16 Å². The maximum Gasteiger partial charge on any atom is 0.260 e. The van der Waals surface area contributed by atoms with Gasteiger partial charge >= 0.3 is 0 Å². The molecule has 29 heavy (non-hydrogen) atoms. The van der Waals surface area contributed by atoms with Crippen LogP contribution in [0.2, 0.25) is 0 Å². The van der Waals surface area contributed by atoms with Crippen LogP contribution in [-0.2, 0) is 9.63 Å². The normalized spacial score (nSPS) is 11.0. The molecule has 0 aliphatic carbocycles. The van der Waals surface area contributed by atoms with Gasteiger partial charge in [0, 0.05) is 18.0 Å². The van der Waals surface area contributed by atoms with Crippen LogP contribution in [0.1, 0.15) is 29.0 Å². The van der Waals surface area contributed by atoms with Crippen molar-refractivity contribution in [2.75, 3.05) is 13.2 Å². The molecule has 0 aromatic heterocycles. The summed E-state index contributed by atoms with van der Waals surface area (Å²) in [6, 6.07) is 26.7. The summed E-state index contributed by atoms with van der Waals surface area (Å²) in [6.07, 6.45) is 2.02. The van der Waals surface area contributed by atoms with Crippen LogP contribution in [0.3, 0.4) is 0 Å². The quantitative estimate of drug-likeness (QED) is 0.432. The molecule has 0 radical (unpaired) electrons. The van der Waals surface area contributed by atoms with Crippen molar-refractivity contribution >= 4 is 12.1 Å². The second kappa shape index (κ2) is 10.8. The van der Waals surface area contributed by atoms with Crippen molar-refractivity contribution in [3.63, 3.8) is 0 Å². The molecule has 3 rings (SSSR count). The zero-order chi connectivity index (χ0) is 20.3. The molecule has 4 nitrogen and oxygen atoms in total. The third-order valence-electron chi connectivity index (χ3n) is 4.53. The van der Waals surface area contributed by atoms with E-state index in [9.17, 15) is 9.18 Å². The van der Waals surface area contributed by atoms with Crippen molar-refractivity contribution in [3.05, 3.63) is 107 Å². The van der Waals surface area contributed by atoms with Gasteiger partial charge in [0.15, 0.2) is 6.61 Å². The first kappa shape index (κ1) is 20.3. The Balaban J connectivity index is 1.48. The third-order valence-corrected chi connectivity index (χ3v) is 4.53. The lowest BCUT2D eigenvalue weighted by atomic mass is 9.88. The van der Waals surface area contributed by atoms with E-state index in [1.807, 2.05) is 36.4 Å². The van der Waals surface area contributed by atoms with Gasteiger partial charge in [-0.3, -0.25) is 4.79 Å². The van der Waals surface area contributed by atoms with E-state index < -0.39 is 5.82 Å². The summed E-state index contributed by atoms with van der Waals surface area (Å²) in [5.74, 6) is -0.467. The summed E-state index contributed by atoms with van der Waals surface area (Å²) in [7, 11) is 0. The predicted octanol–water partition coefficient (Wildman–Crippen LogP) is 4.51. The first-order valence-electron chi connectivity index (χ1n) is 9.50. The molecule has 3 aromatic rings. The summed E-state index contributed by atoms with van der Waals surface area (Å²) < 4.78 is 13.5. The van der Waals surface area contributed by atoms with E-state index in [0.717, 1.165) is 6.42 Å². The van der Waals surface area contributed by atoms with Crippen LogP contribution in [-0.4, -0.2) is 25.3 Å². The van der Waals surface area contributed by atoms with E-state index in [-0.39, 0.29) is 18.4 Å². The summed E-state index contributed by atoms with van der Waals surface area (Å²) in [6.45, 7) is 0.292. The average molecular weight is 390 g/mol. The highest BCUT2D eigenvalue weighted by Crippen LogP contribution is 2.27. The fourth-order valence-corrected chi connectivity index (χ4v) is 3.07. The highest BCUT2D eigenvalue weighted by atomic mass is 19.1. The van der Waals surface area contributed by atoms with Crippen molar-refractivity contribution in [2.45, 2.75) is 12.3 Å². The van der Waals surface area contributed by atoms with E-state index in [4.69, 9.17) is 4.84 Å². The molecule has 1 amide bonds. The lowest BCUT2D eigenvalue weighted by Gasteiger charge is -2.18. The second-order valence-electron chi connectivity index (χ2n) is 6.54. The van der Waals surface area contributed by atoms with Crippen LogP contribution in [0.4, 0.5) is 4.39 Å². The van der Waals surface area contributed by atoms with Gasteiger partial charge in [-0.25, -0.2) is 4.39 Å². The molecule has 0 heterocycles. The van der Waals surface area contributed by atoms with Crippen LogP contribution < -0.4 is 5.32 Å². The van der Waals surface area contributed by atoms with Crippen LogP contribution >= 0.6 is 0 Å². The predicted molar refractivity (Wildman–Crippen MR) is 112 cm³/mol. The number of hydrogen-bond acceptors (Lipinski definition) is 3. The Morgan fingerprint density at radius 2 is 1.52 bits per heavy atom. The summed E-state index contributed by atoms with van der Waals surface area (Å²) >= 11 is 0. The largest absolute Gasteiger partial charge is 0.386 e. The Bertz CT molecular complexity index is 890. The molecule has 0 saturated carbocycles. The Kier molecular flexibility index (Phi) is 7.52. The highest BCUT2D eigenvalue weighted by Gasteiger charge is 2.14. The molecule has 3 aromatic carbocycles. The van der Waals surface area contributed by atoms with Gasteiger partial charge in [-0.2, -0.15) is 0 Å². The molecule has 1 N–H and O–H groups in total. The molecule has 0 unspecified atom stereocenters. The van der Waals surface area contributed by atoms with Gasteiger partial charge in [-0.15, -0.1) is 0 Å². The third kappa shape index (κ3) is 6.28. The van der Waals surface area contributed by atoms with Crippen molar-refractivity contribution in [3.8, 4) is 0 Å².